The molecule has 5 heteroatoms. The number of halogens is 2. The Balaban J connectivity index is 2.90. The largest absolute Gasteiger partial charge is 0.293 e. The Kier molecular flexibility index (Phi) is 3.17. The highest BCUT2D eigenvalue weighted by atomic mass is 79.9. The number of alkyl halides is 1. The van der Waals surface area contributed by atoms with E-state index in [1.807, 2.05) is 0 Å². The van der Waals surface area contributed by atoms with Gasteiger partial charge in [0.2, 0.25) is 5.28 Å². The van der Waals surface area contributed by atoms with Crippen molar-refractivity contribution >= 4 is 33.3 Å². The number of Topliss-reactive ketones (excluding diaryl/α,β-unsaturated/α-hetero) is 1. The van der Waals surface area contributed by atoms with Gasteiger partial charge in [-0.3, -0.25) is 4.79 Å². The lowest BCUT2D eigenvalue weighted by atomic mass is 10.2. The van der Waals surface area contributed by atoms with Gasteiger partial charge in [0.15, 0.2) is 5.78 Å². The minimum Gasteiger partial charge on any atom is -0.293 e. The quantitative estimate of drug-likeness (QED) is 0.458. The van der Waals surface area contributed by atoms with Crippen LogP contribution in [-0.2, 0) is 0 Å². The molecule has 0 aliphatic rings. The first-order valence-electron chi connectivity index (χ1n) is 3.27. The number of aromatic nitrogens is 2. The predicted molar refractivity (Wildman–Crippen MR) is 49.8 cm³/mol. The Morgan fingerprint density at radius 3 is 2.50 bits per heavy atom. The summed E-state index contributed by atoms with van der Waals surface area (Å²) in [7, 11) is 0. The molecule has 0 radical (unpaired) electrons. The highest BCUT2D eigenvalue weighted by Crippen LogP contribution is 2.08. The molecule has 1 aromatic rings. The van der Waals surface area contributed by atoms with Gasteiger partial charge in [-0.15, -0.1) is 0 Å². The summed E-state index contributed by atoms with van der Waals surface area (Å²) in [4.78, 5) is 18.5. The number of ketones is 1. The van der Waals surface area contributed by atoms with E-state index in [4.69, 9.17) is 11.6 Å². The van der Waals surface area contributed by atoms with E-state index in [0.29, 0.717) is 5.56 Å². The van der Waals surface area contributed by atoms with Crippen molar-refractivity contribution in [2.75, 3.05) is 0 Å². The molecule has 0 saturated carbocycles. The maximum absolute atomic E-state index is 11.3. The van der Waals surface area contributed by atoms with Gasteiger partial charge in [-0.2, -0.15) is 0 Å². The van der Waals surface area contributed by atoms with Crippen molar-refractivity contribution in [1.82, 2.24) is 9.97 Å². The van der Waals surface area contributed by atoms with E-state index < -0.39 is 0 Å². The fourth-order valence-corrected chi connectivity index (χ4v) is 1.03. The summed E-state index contributed by atoms with van der Waals surface area (Å²) in [6.45, 7) is 1.75. The molecule has 0 spiro atoms. The maximum Gasteiger partial charge on any atom is 0.222 e. The molecule has 0 aromatic carbocycles. The van der Waals surface area contributed by atoms with Crippen molar-refractivity contribution in [2.24, 2.45) is 0 Å². The first kappa shape index (κ1) is 9.61. The smallest absolute Gasteiger partial charge is 0.222 e. The van der Waals surface area contributed by atoms with Gasteiger partial charge in [-0.25, -0.2) is 9.97 Å². The molecule has 0 bridgehead atoms. The fourth-order valence-electron chi connectivity index (χ4n) is 0.669. The number of hydrogen-bond donors (Lipinski definition) is 0. The standard InChI is InChI=1S/C7H6BrClN2O/c1-4(8)6(12)5-2-10-7(9)11-3-5/h2-4H,1H3. The van der Waals surface area contributed by atoms with Gasteiger partial charge in [-0.05, 0) is 18.5 Å². The second-order valence-corrected chi connectivity index (χ2v) is 3.93. The fraction of sp³-hybridized carbons (Fsp3) is 0.286. The Morgan fingerprint density at radius 2 is 2.08 bits per heavy atom. The van der Waals surface area contributed by atoms with E-state index in [1.54, 1.807) is 6.92 Å². The van der Waals surface area contributed by atoms with Crippen LogP contribution in [0.5, 0.6) is 0 Å². The van der Waals surface area contributed by atoms with Gasteiger partial charge in [0.1, 0.15) is 0 Å². The highest BCUT2D eigenvalue weighted by molar-refractivity contribution is 9.10. The molecule has 1 aromatic heterocycles. The van der Waals surface area contributed by atoms with Gasteiger partial charge in [0, 0.05) is 12.4 Å². The summed E-state index contributed by atoms with van der Waals surface area (Å²) in [6, 6.07) is 0. The number of carbonyl (C=O) groups excluding carboxylic acids is 1. The van der Waals surface area contributed by atoms with Crippen LogP contribution >= 0.6 is 27.5 Å². The molecule has 1 heterocycles. The van der Waals surface area contributed by atoms with E-state index in [-0.39, 0.29) is 15.9 Å². The SMILES string of the molecule is CC(Br)C(=O)c1cnc(Cl)nc1. The molecule has 1 rings (SSSR count). The Bertz CT molecular complexity index is 286. The van der Waals surface area contributed by atoms with Crippen LogP contribution in [0.3, 0.4) is 0 Å². The van der Waals surface area contributed by atoms with Crippen molar-refractivity contribution < 1.29 is 4.79 Å². The van der Waals surface area contributed by atoms with Crippen LogP contribution < -0.4 is 0 Å². The third-order valence-electron chi connectivity index (χ3n) is 1.27. The van der Waals surface area contributed by atoms with Gasteiger partial charge in [0.05, 0.1) is 10.4 Å². The third kappa shape index (κ3) is 2.25. The van der Waals surface area contributed by atoms with Gasteiger partial charge in [-0.1, -0.05) is 15.9 Å². The lowest BCUT2D eigenvalue weighted by Crippen LogP contribution is -2.10. The molecule has 0 aliphatic carbocycles. The molecule has 1 atom stereocenters. The third-order valence-corrected chi connectivity index (χ3v) is 1.88. The zero-order chi connectivity index (χ0) is 9.14. The molecule has 64 valence electrons. The maximum atomic E-state index is 11.3. The number of hydrogen-bond acceptors (Lipinski definition) is 3. The van der Waals surface area contributed by atoms with E-state index >= 15 is 0 Å². The van der Waals surface area contributed by atoms with E-state index in [1.165, 1.54) is 12.4 Å². The van der Waals surface area contributed by atoms with Crippen molar-refractivity contribution in [3.8, 4) is 0 Å². The number of rotatable bonds is 2. The zero-order valence-corrected chi connectivity index (χ0v) is 8.63. The molecule has 12 heavy (non-hydrogen) atoms. The molecule has 0 aliphatic heterocycles. The molecule has 0 saturated heterocycles. The van der Waals surface area contributed by atoms with Crippen molar-refractivity contribution in [3.63, 3.8) is 0 Å². The van der Waals surface area contributed by atoms with Crippen LogP contribution in [0.25, 0.3) is 0 Å². The van der Waals surface area contributed by atoms with Crippen LogP contribution in [0.1, 0.15) is 17.3 Å². The second kappa shape index (κ2) is 3.96. The summed E-state index contributed by atoms with van der Waals surface area (Å²) in [5.74, 6) is -0.0494. The summed E-state index contributed by atoms with van der Waals surface area (Å²) < 4.78 is 0. The lowest BCUT2D eigenvalue weighted by molar-refractivity contribution is 0.0995. The Morgan fingerprint density at radius 1 is 1.58 bits per heavy atom. The number of carbonyl (C=O) groups is 1. The van der Waals surface area contributed by atoms with Crippen molar-refractivity contribution in [3.05, 3.63) is 23.2 Å². The van der Waals surface area contributed by atoms with E-state index in [9.17, 15) is 4.79 Å². The first-order chi connectivity index (χ1) is 5.61. The topological polar surface area (TPSA) is 42.9 Å². The molecule has 0 N–H and O–H groups in total. The molecule has 0 fully saturated rings. The van der Waals surface area contributed by atoms with Crippen molar-refractivity contribution in [2.45, 2.75) is 11.8 Å². The van der Waals surface area contributed by atoms with Gasteiger partial charge in [0.25, 0.3) is 0 Å². The molecule has 3 nitrogen and oxygen atoms in total. The van der Waals surface area contributed by atoms with Crippen molar-refractivity contribution in [1.29, 1.82) is 0 Å². The molecule has 1 unspecified atom stereocenters. The average Bonchev–Trinajstić information content (AvgIpc) is 2.04. The van der Waals surface area contributed by atoms with E-state index in [2.05, 4.69) is 25.9 Å². The average molecular weight is 249 g/mol. The van der Waals surface area contributed by atoms with Crippen LogP contribution in [0, 0.1) is 0 Å². The first-order valence-corrected chi connectivity index (χ1v) is 4.56. The minimum atomic E-state index is -0.220. The van der Waals surface area contributed by atoms with Crippen LogP contribution in [0.2, 0.25) is 5.28 Å². The summed E-state index contributed by atoms with van der Waals surface area (Å²) in [6.07, 6.45) is 2.82. The molecular formula is C7H6BrClN2O. The normalized spacial score (nSPS) is 12.6. The van der Waals surface area contributed by atoms with Crippen LogP contribution in [0.15, 0.2) is 12.4 Å². The van der Waals surface area contributed by atoms with Crippen LogP contribution in [0.4, 0.5) is 0 Å². The Hall–Kier alpha value is -0.480. The summed E-state index contributed by atoms with van der Waals surface area (Å²) in [5.41, 5.74) is 0.462. The Labute approximate surface area is 83.3 Å². The monoisotopic (exact) mass is 248 g/mol. The molecular weight excluding hydrogens is 243 g/mol. The second-order valence-electron chi connectivity index (χ2n) is 2.22. The minimum absolute atomic E-state index is 0.0494. The number of nitrogens with zero attached hydrogens (tertiary/aromatic N) is 2. The highest BCUT2D eigenvalue weighted by Gasteiger charge is 2.11. The summed E-state index contributed by atoms with van der Waals surface area (Å²) in [5, 5.41) is 0.147. The van der Waals surface area contributed by atoms with Crippen LogP contribution in [-0.4, -0.2) is 20.6 Å². The predicted octanol–water partition coefficient (Wildman–Crippen LogP) is 2.10. The van der Waals surface area contributed by atoms with Gasteiger partial charge < -0.3 is 0 Å². The van der Waals surface area contributed by atoms with Gasteiger partial charge >= 0.3 is 0 Å². The van der Waals surface area contributed by atoms with E-state index in [0.717, 1.165) is 0 Å². The molecule has 0 amide bonds. The lowest BCUT2D eigenvalue weighted by Gasteiger charge is -2.00. The zero-order valence-electron chi connectivity index (χ0n) is 6.29. The summed E-state index contributed by atoms with van der Waals surface area (Å²) >= 11 is 8.61.